The Balaban J connectivity index is 2.26. The van der Waals surface area contributed by atoms with Crippen molar-refractivity contribution in [2.24, 2.45) is 0 Å². The van der Waals surface area contributed by atoms with Crippen molar-refractivity contribution in [3.05, 3.63) is 23.5 Å². The van der Waals surface area contributed by atoms with Gasteiger partial charge in [0.1, 0.15) is 6.07 Å². The molecule has 1 aromatic rings. The summed E-state index contributed by atoms with van der Waals surface area (Å²) in [6.07, 6.45) is -1.58. The lowest BCUT2D eigenvalue weighted by molar-refractivity contribution is -0.476. The zero-order valence-electron chi connectivity index (χ0n) is 10.4. The number of carbonyl (C=O) groups excluding carboxylic acids is 1. The van der Waals surface area contributed by atoms with E-state index in [-0.39, 0.29) is 5.69 Å². The maximum Gasteiger partial charge on any atom is 0.419 e. The average molecular weight is 285 g/mol. The number of halogens is 3. The van der Waals surface area contributed by atoms with Crippen LogP contribution in [0.15, 0.2) is 12.3 Å². The molecule has 1 fully saturated rings. The molecule has 5 nitrogen and oxygen atoms in total. The van der Waals surface area contributed by atoms with E-state index in [1.165, 1.54) is 6.07 Å². The molecule has 8 heteroatoms. The van der Waals surface area contributed by atoms with Crippen LogP contribution < -0.4 is 11.1 Å². The number of nitrogens with zero attached hydrogens (tertiary/aromatic N) is 2. The van der Waals surface area contributed by atoms with Gasteiger partial charge in [-0.05, 0) is 12.5 Å². The van der Waals surface area contributed by atoms with Crippen LogP contribution in [-0.2, 0) is 11.0 Å². The number of alkyl halides is 3. The molecule has 20 heavy (non-hydrogen) atoms. The molecule has 0 spiro atoms. The smallest absolute Gasteiger partial charge is 0.345 e. The lowest BCUT2D eigenvalue weighted by Gasteiger charge is -2.32. The second-order valence-electron chi connectivity index (χ2n) is 4.82. The number of pyridine rings is 1. The molecule has 106 valence electrons. The van der Waals surface area contributed by atoms with Crippen molar-refractivity contribution in [3.63, 3.8) is 0 Å². The first-order valence-corrected chi connectivity index (χ1v) is 5.90. The van der Waals surface area contributed by atoms with E-state index in [2.05, 4.69) is 16.0 Å². The molecule has 0 bridgehead atoms. The molecule has 1 heterocycles. The molecule has 0 atom stereocenters. The Bertz CT molecular complexity index is 587. The quantitative estimate of drug-likeness (QED) is 0.851. The number of quaternary nitrogens is 1. The third-order valence-corrected chi connectivity index (χ3v) is 3.35. The molecule has 0 aromatic carbocycles. The second-order valence-corrected chi connectivity index (χ2v) is 4.82. The Morgan fingerprint density at radius 2 is 2.15 bits per heavy atom. The minimum atomic E-state index is -4.70. The Morgan fingerprint density at radius 1 is 1.50 bits per heavy atom. The van der Waals surface area contributed by atoms with Crippen LogP contribution in [0.2, 0.25) is 0 Å². The summed E-state index contributed by atoms with van der Waals surface area (Å²) in [6.45, 7) is 0. The highest BCUT2D eigenvalue weighted by atomic mass is 19.4. The SMILES string of the molecule is N#Cc1ncc(NC(=O)C2([NH3+])CCC2)cc1C(F)(F)F. The normalized spacial score (nSPS) is 16.9. The molecule has 1 aliphatic rings. The first-order chi connectivity index (χ1) is 9.26. The summed E-state index contributed by atoms with van der Waals surface area (Å²) >= 11 is 0. The molecule has 4 N–H and O–H groups in total. The molecule has 1 saturated carbocycles. The topological polar surface area (TPSA) is 93.4 Å². The van der Waals surface area contributed by atoms with Crippen LogP contribution >= 0.6 is 0 Å². The van der Waals surface area contributed by atoms with E-state index in [0.717, 1.165) is 12.6 Å². The predicted molar refractivity (Wildman–Crippen MR) is 62.1 cm³/mol. The van der Waals surface area contributed by atoms with Crippen molar-refractivity contribution in [2.45, 2.75) is 31.0 Å². The highest BCUT2D eigenvalue weighted by Gasteiger charge is 2.44. The molecule has 1 amide bonds. The van der Waals surface area contributed by atoms with Crippen LogP contribution in [0.3, 0.4) is 0 Å². The Labute approximate surface area is 112 Å². The molecular weight excluding hydrogens is 273 g/mol. The summed E-state index contributed by atoms with van der Waals surface area (Å²) in [5.74, 6) is -0.427. The monoisotopic (exact) mass is 285 g/mol. The summed E-state index contributed by atoms with van der Waals surface area (Å²) in [5.41, 5.74) is 1.03. The summed E-state index contributed by atoms with van der Waals surface area (Å²) in [7, 11) is 0. The predicted octanol–water partition coefficient (Wildman–Crippen LogP) is 1.08. The van der Waals surface area contributed by atoms with Gasteiger partial charge in [0.2, 0.25) is 0 Å². The van der Waals surface area contributed by atoms with Gasteiger partial charge in [-0.3, -0.25) is 4.79 Å². The number of anilines is 1. The van der Waals surface area contributed by atoms with Crippen molar-refractivity contribution in [1.82, 2.24) is 4.98 Å². The average Bonchev–Trinajstić information content (AvgIpc) is 2.34. The van der Waals surface area contributed by atoms with E-state index in [9.17, 15) is 18.0 Å². The van der Waals surface area contributed by atoms with E-state index >= 15 is 0 Å². The molecule has 1 aliphatic carbocycles. The standard InChI is InChI=1S/C12H11F3N4O/c13-12(14,15)8-4-7(6-18-9(8)5-16)19-10(20)11(17)2-1-3-11/h4,6H,1-3,17H2,(H,19,20)/p+1. The minimum absolute atomic E-state index is 0.0868. The summed E-state index contributed by atoms with van der Waals surface area (Å²) < 4.78 is 38.2. The van der Waals surface area contributed by atoms with Crippen LogP contribution in [-0.4, -0.2) is 16.4 Å². The van der Waals surface area contributed by atoms with Gasteiger partial charge in [-0.15, -0.1) is 0 Å². The maximum absolute atomic E-state index is 12.7. The summed E-state index contributed by atoms with van der Waals surface area (Å²) in [6, 6.07) is 2.09. The zero-order chi connectivity index (χ0) is 15.0. The molecular formula is C12H12F3N4O+. The van der Waals surface area contributed by atoms with Gasteiger partial charge in [-0.25, -0.2) is 4.98 Å². The number of aromatic nitrogens is 1. The summed E-state index contributed by atoms with van der Waals surface area (Å²) in [5, 5.41) is 11.0. The fraction of sp³-hybridized carbons (Fsp3) is 0.417. The number of hydrogen-bond acceptors (Lipinski definition) is 3. The highest BCUT2D eigenvalue weighted by molar-refractivity contribution is 5.97. The lowest BCUT2D eigenvalue weighted by atomic mass is 9.77. The summed E-state index contributed by atoms with van der Waals surface area (Å²) in [4.78, 5) is 15.3. The van der Waals surface area contributed by atoms with Crippen LogP contribution in [0.25, 0.3) is 0 Å². The number of hydrogen-bond donors (Lipinski definition) is 2. The fourth-order valence-electron chi connectivity index (χ4n) is 1.93. The van der Waals surface area contributed by atoms with Gasteiger partial charge < -0.3 is 11.1 Å². The lowest BCUT2D eigenvalue weighted by Crippen LogP contribution is -2.80. The van der Waals surface area contributed by atoms with Gasteiger partial charge in [0, 0.05) is 12.8 Å². The molecule has 2 rings (SSSR count). The second kappa shape index (κ2) is 4.76. The Hall–Kier alpha value is -2.14. The largest absolute Gasteiger partial charge is 0.419 e. The van der Waals surface area contributed by atoms with E-state index < -0.39 is 28.9 Å². The van der Waals surface area contributed by atoms with Gasteiger partial charge >= 0.3 is 6.18 Å². The first-order valence-electron chi connectivity index (χ1n) is 5.90. The highest BCUT2D eigenvalue weighted by Crippen LogP contribution is 2.33. The molecule has 0 saturated heterocycles. The van der Waals surface area contributed by atoms with E-state index in [1.54, 1.807) is 0 Å². The Morgan fingerprint density at radius 3 is 2.60 bits per heavy atom. The third kappa shape index (κ3) is 2.58. The zero-order valence-corrected chi connectivity index (χ0v) is 10.4. The number of amides is 1. The van der Waals surface area contributed by atoms with E-state index in [0.29, 0.717) is 18.9 Å². The molecule has 0 aliphatic heterocycles. The van der Waals surface area contributed by atoms with E-state index in [1.807, 2.05) is 0 Å². The Kier molecular flexibility index (Phi) is 3.39. The van der Waals surface area contributed by atoms with Crippen molar-refractivity contribution in [3.8, 4) is 6.07 Å². The van der Waals surface area contributed by atoms with Gasteiger partial charge in [-0.1, -0.05) is 0 Å². The van der Waals surface area contributed by atoms with Crippen LogP contribution in [0.5, 0.6) is 0 Å². The third-order valence-electron chi connectivity index (χ3n) is 3.35. The first kappa shape index (κ1) is 14.3. The maximum atomic E-state index is 12.7. The van der Waals surface area contributed by atoms with Crippen LogP contribution in [0.1, 0.15) is 30.5 Å². The van der Waals surface area contributed by atoms with Gasteiger partial charge in [0.25, 0.3) is 5.91 Å². The minimum Gasteiger partial charge on any atom is -0.345 e. The van der Waals surface area contributed by atoms with Crippen LogP contribution in [0.4, 0.5) is 18.9 Å². The number of nitrogens with one attached hydrogen (secondary N) is 1. The van der Waals surface area contributed by atoms with Gasteiger partial charge in [0.15, 0.2) is 11.2 Å². The fourth-order valence-corrected chi connectivity index (χ4v) is 1.93. The number of nitriles is 1. The van der Waals surface area contributed by atoms with Crippen molar-refractivity contribution in [1.29, 1.82) is 5.26 Å². The van der Waals surface area contributed by atoms with Crippen molar-refractivity contribution >= 4 is 11.6 Å². The van der Waals surface area contributed by atoms with Crippen LogP contribution in [0, 0.1) is 11.3 Å². The van der Waals surface area contributed by atoms with Crippen molar-refractivity contribution in [2.75, 3.05) is 5.32 Å². The van der Waals surface area contributed by atoms with Gasteiger partial charge in [-0.2, -0.15) is 18.4 Å². The number of carbonyl (C=O) groups is 1. The molecule has 0 unspecified atom stereocenters. The van der Waals surface area contributed by atoms with Crippen molar-refractivity contribution < 1.29 is 23.7 Å². The molecule has 0 radical (unpaired) electrons. The number of rotatable bonds is 2. The van der Waals surface area contributed by atoms with Gasteiger partial charge in [0.05, 0.1) is 17.4 Å². The van der Waals surface area contributed by atoms with E-state index in [4.69, 9.17) is 5.26 Å². The molecule has 1 aromatic heterocycles.